The monoisotopic (exact) mass is 415 g/mol. The molecule has 0 aliphatic carbocycles. The number of hydrogen-bond acceptors (Lipinski definition) is 6. The van der Waals surface area contributed by atoms with Gasteiger partial charge in [0.05, 0.1) is 32.0 Å². The third kappa shape index (κ3) is 4.90. The molecule has 1 aromatic carbocycles. The summed E-state index contributed by atoms with van der Waals surface area (Å²) < 4.78 is 12.3. The Labute approximate surface area is 176 Å². The molecule has 0 spiro atoms. The number of likely N-dealkylation sites (tertiary alicyclic amines) is 1. The van der Waals surface area contributed by atoms with Gasteiger partial charge >= 0.3 is 0 Å². The average Bonchev–Trinajstić information content (AvgIpc) is 3.27. The summed E-state index contributed by atoms with van der Waals surface area (Å²) in [5.74, 6) is 1.13. The SMILES string of the molecule is COc1ccc(C(=O)N2CCC[C@H](n3cc(C(=O)NCC(C)C)nn3)C2)c(OC)c1. The van der Waals surface area contributed by atoms with E-state index in [9.17, 15) is 9.59 Å². The maximum absolute atomic E-state index is 13.1. The molecular formula is C21H29N5O4. The number of benzene rings is 1. The number of carbonyl (C=O) groups is 2. The first kappa shape index (κ1) is 21.6. The molecule has 2 aromatic rings. The second-order valence-corrected chi connectivity index (χ2v) is 7.80. The minimum Gasteiger partial charge on any atom is -0.497 e. The van der Waals surface area contributed by atoms with Crippen LogP contribution in [-0.2, 0) is 0 Å². The first-order valence-corrected chi connectivity index (χ1v) is 10.1. The minimum absolute atomic E-state index is 0.0360. The van der Waals surface area contributed by atoms with Crippen molar-refractivity contribution in [2.45, 2.75) is 32.7 Å². The van der Waals surface area contributed by atoms with Crippen molar-refractivity contribution in [2.24, 2.45) is 5.92 Å². The summed E-state index contributed by atoms with van der Waals surface area (Å²) in [7, 11) is 3.10. The van der Waals surface area contributed by atoms with Crippen LogP contribution in [-0.4, -0.2) is 65.6 Å². The number of amides is 2. The molecule has 2 amide bonds. The Balaban J connectivity index is 1.70. The fourth-order valence-electron chi connectivity index (χ4n) is 3.45. The normalized spacial score (nSPS) is 16.4. The number of ether oxygens (including phenoxy) is 2. The van der Waals surface area contributed by atoms with E-state index >= 15 is 0 Å². The zero-order valence-electron chi connectivity index (χ0n) is 17.9. The van der Waals surface area contributed by atoms with Crippen molar-refractivity contribution in [3.05, 3.63) is 35.7 Å². The van der Waals surface area contributed by atoms with Crippen molar-refractivity contribution in [1.82, 2.24) is 25.2 Å². The van der Waals surface area contributed by atoms with Gasteiger partial charge in [-0.15, -0.1) is 5.10 Å². The van der Waals surface area contributed by atoms with Crippen molar-refractivity contribution in [3.63, 3.8) is 0 Å². The number of nitrogens with one attached hydrogen (secondary N) is 1. The van der Waals surface area contributed by atoms with Crippen LogP contribution in [0.15, 0.2) is 24.4 Å². The average molecular weight is 415 g/mol. The Morgan fingerprint density at radius 1 is 1.27 bits per heavy atom. The molecule has 1 aromatic heterocycles. The van der Waals surface area contributed by atoms with Gasteiger partial charge in [-0.1, -0.05) is 19.1 Å². The van der Waals surface area contributed by atoms with Crippen LogP contribution in [0.25, 0.3) is 0 Å². The summed E-state index contributed by atoms with van der Waals surface area (Å²) in [4.78, 5) is 27.1. The Kier molecular flexibility index (Phi) is 6.91. The molecule has 0 bridgehead atoms. The lowest BCUT2D eigenvalue weighted by Crippen LogP contribution is -2.41. The van der Waals surface area contributed by atoms with Gasteiger partial charge in [0, 0.05) is 25.7 Å². The lowest BCUT2D eigenvalue weighted by atomic mass is 10.0. The molecule has 9 nitrogen and oxygen atoms in total. The topological polar surface area (TPSA) is 98.6 Å². The predicted molar refractivity (Wildman–Crippen MR) is 111 cm³/mol. The molecule has 2 heterocycles. The lowest BCUT2D eigenvalue weighted by molar-refractivity contribution is 0.0668. The van der Waals surface area contributed by atoms with E-state index in [1.54, 1.807) is 41.1 Å². The van der Waals surface area contributed by atoms with Crippen LogP contribution in [0.4, 0.5) is 0 Å². The van der Waals surface area contributed by atoms with E-state index in [0.29, 0.717) is 42.6 Å². The summed E-state index contributed by atoms with van der Waals surface area (Å²) in [6.07, 6.45) is 3.35. The highest BCUT2D eigenvalue weighted by Gasteiger charge is 2.28. The van der Waals surface area contributed by atoms with Gasteiger partial charge in [0.15, 0.2) is 5.69 Å². The molecular weight excluding hydrogens is 386 g/mol. The fourth-order valence-corrected chi connectivity index (χ4v) is 3.45. The number of carbonyl (C=O) groups excluding carboxylic acids is 2. The highest BCUT2D eigenvalue weighted by molar-refractivity contribution is 5.97. The number of piperidine rings is 1. The molecule has 1 saturated heterocycles. The second kappa shape index (κ2) is 9.60. The van der Waals surface area contributed by atoms with Crippen molar-refractivity contribution < 1.29 is 19.1 Å². The van der Waals surface area contributed by atoms with Crippen LogP contribution in [0.3, 0.4) is 0 Å². The van der Waals surface area contributed by atoms with Gasteiger partial charge in [0.1, 0.15) is 11.5 Å². The molecule has 1 aliphatic rings. The quantitative estimate of drug-likeness (QED) is 0.744. The standard InChI is InChI=1S/C21H29N5O4/c1-14(2)11-22-20(27)18-13-26(24-23-18)15-6-5-9-25(12-15)21(28)17-8-7-16(29-3)10-19(17)30-4/h7-8,10,13-15H,5-6,9,11-12H2,1-4H3,(H,22,27)/t15-/m0/s1. The number of hydrogen-bond donors (Lipinski definition) is 1. The van der Waals surface area contributed by atoms with Gasteiger partial charge in [-0.25, -0.2) is 4.68 Å². The smallest absolute Gasteiger partial charge is 0.273 e. The zero-order chi connectivity index (χ0) is 21.7. The Bertz CT molecular complexity index is 895. The molecule has 0 saturated carbocycles. The molecule has 0 unspecified atom stereocenters. The Morgan fingerprint density at radius 3 is 2.77 bits per heavy atom. The van der Waals surface area contributed by atoms with E-state index in [0.717, 1.165) is 12.8 Å². The second-order valence-electron chi connectivity index (χ2n) is 7.80. The highest BCUT2D eigenvalue weighted by Crippen LogP contribution is 2.28. The number of aromatic nitrogens is 3. The maximum atomic E-state index is 13.1. The van der Waals surface area contributed by atoms with Crippen LogP contribution in [0.5, 0.6) is 11.5 Å². The molecule has 30 heavy (non-hydrogen) atoms. The number of nitrogens with zero attached hydrogens (tertiary/aromatic N) is 4. The molecule has 162 valence electrons. The molecule has 0 radical (unpaired) electrons. The van der Waals surface area contributed by atoms with Gasteiger partial charge in [0.25, 0.3) is 11.8 Å². The third-order valence-corrected chi connectivity index (χ3v) is 5.11. The van der Waals surface area contributed by atoms with Crippen molar-refractivity contribution in [1.29, 1.82) is 0 Å². The van der Waals surface area contributed by atoms with Crippen LogP contribution in [0, 0.1) is 5.92 Å². The van der Waals surface area contributed by atoms with Gasteiger partial charge in [-0.2, -0.15) is 0 Å². The molecule has 9 heteroatoms. The molecule has 1 aliphatic heterocycles. The van der Waals surface area contributed by atoms with E-state index in [2.05, 4.69) is 15.6 Å². The van der Waals surface area contributed by atoms with Crippen molar-refractivity contribution >= 4 is 11.8 Å². The molecule has 1 N–H and O–H groups in total. The fraction of sp³-hybridized carbons (Fsp3) is 0.524. The summed E-state index contributed by atoms with van der Waals surface area (Å²) >= 11 is 0. The summed E-state index contributed by atoms with van der Waals surface area (Å²) in [6, 6.07) is 5.13. The number of methoxy groups -OCH3 is 2. The first-order chi connectivity index (χ1) is 14.4. The predicted octanol–water partition coefficient (Wildman–Crippen LogP) is 2.16. The maximum Gasteiger partial charge on any atom is 0.273 e. The lowest BCUT2D eigenvalue weighted by Gasteiger charge is -2.33. The van der Waals surface area contributed by atoms with Crippen molar-refractivity contribution in [2.75, 3.05) is 33.9 Å². The van der Waals surface area contributed by atoms with Gasteiger partial charge < -0.3 is 19.7 Å². The molecule has 1 fully saturated rings. The van der Waals surface area contributed by atoms with E-state index in [4.69, 9.17) is 9.47 Å². The van der Waals surface area contributed by atoms with Crippen LogP contribution < -0.4 is 14.8 Å². The van der Waals surface area contributed by atoms with Crippen LogP contribution in [0.1, 0.15) is 53.6 Å². The highest BCUT2D eigenvalue weighted by atomic mass is 16.5. The first-order valence-electron chi connectivity index (χ1n) is 10.1. The molecule has 1 atom stereocenters. The minimum atomic E-state index is -0.235. The van der Waals surface area contributed by atoms with E-state index < -0.39 is 0 Å². The van der Waals surface area contributed by atoms with Crippen LogP contribution >= 0.6 is 0 Å². The van der Waals surface area contributed by atoms with E-state index in [1.807, 2.05) is 13.8 Å². The summed E-state index contributed by atoms with van der Waals surface area (Å²) in [6.45, 7) is 5.79. The van der Waals surface area contributed by atoms with Crippen LogP contribution in [0.2, 0.25) is 0 Å². The molecule has 3 rings (SSSR count). The van der Waals surface area contributed by atoms with E-state index in [1.165, 1.54) is 7.11 Å². The van der Waals surface area contributed by atoms with Gasteiger partial charge in [-0.3, -0.25) is 9.59 Å². The van der Waals surface area contributed by atoms with Gasteiger partial charge in [-0.05, 0) is 30.9 Å². The largest absolute Gasteiger partial charge is 0.497 e. The summed E-state index contributed by atoms with van der Waals surface area (Å²) in [5, 5.41) is 11.0. The van der Waals surface area contributed by atoms with E-state index in [-0.39, 0.29) is 23.6 Å². The zero-order valence-corrected chi connectivity index (χ0v) is 17.9. The summed E-state index contributed by atoms with van der Waals surface area (Å²) in [5.41, 5.74) is 0.780. The number of rotatable bonds is 7. The van der Waals surface area contributed by atoms with Crippen molar-refractivity contribution in [3.8, 4) is 11.5 Å². The third-order valence-electron chi connectivity index (χ3n) is 5.11. The van der Waals surface area contributed by atoms with Gasteiger partial charge in [0.2, 0.25) is 0 Å². The Morgan fingerprint density at radius 2 is 2.07 bits per heavy atom. The Hall–Kier alpha value is -3.10.